The number of esters is 1. The van der Waals surface area contributed by atoms with Crippen LogP contribution in [0.1, 0.15) is 24.0 Å². The van der Waals surface area contributed by atoms with Crippen LogP contribution in [0.5, 0.6) is 0 Å². The number of halogens is 2. The van der Waals surface area contributed by atoms with Gasteiger partial charge in [0.05, 0.1) is 6.61 Å². The van der Waals surface area contributed by atoms with E-state index in [0.29, 0.717) is 24.8 Å². The number of hydrogen-bond donors (Lipinski definition) is 0. The maximum Gasteiger partial charge on any atom is 0.305 e. The maximum atomic E-state index is 11.8. The molecule has 0 fully saturated rings. The smallest absolute Gasteiger partial charge is 0.305 e. The molecule has 31 heavy (non-hydrogen) atoms. The number of rotatable bonds is 11. The topological polar surface area (TPSA) is 29.5 Å². The first-order chi connectivity index (χ1) is 14.7. The van der Waals surface area contributed by atoms with Gasteiger partial charge >= 0.3 is 5.97 Å². The predicted octanol–water partition coefficient (Wildman–Crippen LogP) is 6.16. The van der Waals surface area contributed by atoms with Crippen molar-refractivity contribution in [3.63, 3.8) is 0 Å². The summed E-state index contributed by atoms with van der Waals surface area (Å²) < 4.78 is 5.26. The van der Waals surface area contributed by atoms with Crippen LogP contribution in [-0.4, -0.2) is 30.8 Å². The molecule has 0 N–H and O–H groups in total. The second-order valence-electron chi connectivity index (χ2n) is 6.80. The molecule has 0 saturated carbocycles. The minimum absolute atomic E-state index is 0. The summed E-state index contributed by atoms with van der Waals surface area (Å²) >= 11 is 11.7. The number of hydrogen-bond acceptors (Lipinski definition) is 3. The van der Waals surface area contributed by atoms with E-state index < -0.39 is 0 Å². The standard InChI is InChI=1S/C20H24Cl2NO2.C5H5.Fe/c21-12-14-23(15-13-22)19-10-8-17(9-11-19)6-3-7-20(24)25-16-18-4-1-2-5-18;1-2-4-5-3-1;/h1-2,4-5,8-11H,3,6-7,12-16H2;1-5H;/q-1;-5;. The molecule has 174 valence electrons. The van der Waals surface area contributed by atoms with Crippen molar-refractivity contribution >= 4 is 34.9 Å². The number of anilines is 1. The molecule has 3 nitrogen and oxygen atoms in total. The van der Waals surface area contributed by atoms with Gasteiger partial charge in [-0.25, -0.2) is 6.07 Å². The molecule has 3 aromatic rings. The van der Waals surface area contributed by atoms with Gasteiger partial charge in [0.1, 0.15) is 0 Å². The molecule has 0 aliphatic rings. The molecular weight excluding hydrogens is 473 g/mol. The Hall–Kier alpha value is -1.71. The van der Waals surface area contributed by atoms with E-state index in [-0.39, 0.29) is 23.0 Å². The van der Waals surface area contributed by atoms with Gasteiger partial charge in [-0.05, 0) is 30.5 Å². The molecule has 0 radical (unpaired) electrons. The van der Waals surface area contributed by atoms with Crippen LogP contribution in [0.25, 0.3) is 0 Å². The van der Waals surface area contributed by atoms with Crippen LogP contribution >= 0.6 is 23.2 Å². The third-order valence-corrected chi connectivity index (χ3v) is 4.88. The first kappa shape index (κ1) is 27.3. The van der Waals surface area contributed by atoms with Crippen molar-refractivity contribution in [2.45, 2.75) is 25.9 Å². The Morgan fingerprint density at radius 3 is 2.03 bits per heavy atom. The van der Waals surface area contributed by atoms with Crippen LogP contribution in [-0.2, 0) is 39.6 Å². The summed E-state index contributed by atoms with van der Waals surface area (Å²) in [5.74, 6) is 1.00. The van der Waals surface area contributed by atoms with E-state index in [9.17, 15) is 4.79 Å². The fraction of sp³-hybridized carbons (Fsp3) is 0.320. The first-order valence-electron chi connectivity index (χ1n) is 10.2. The van der Waals surface area contributed by atoms with E-state index in [0.717, 1.165) is 37.2 Å². The minimum atomic E-state index is -0.145. The Bertz CT molecular complexity index is 766. The molecule has 0 unspecified atom stereocenters. The van der Waals surface area contributed by atoms with Gasteiger partial charge in [-0.2, -0.15) is 23.8 Å². The molecule has 0 spiro atoms. The number of alkyl halides is 2. The number of nitrogens with zero attached hydrogens (tertiary/aromatic N) is 1. The number of carbonyl (C=O) groups is 1. The molecule has 3 aromatic carbocycles. The minimum Gasteiger partial charge on any atom is -0.748 e. The summed E-state index contributed by atoms with van der Waals surface area (Å²) in [6, 6.07) is 26.1. The van der Waals surface area contributed by atoms with Crippen LogP contribution in [0, 0.1) is 0 Å². The summed E-state index contributed by atoms with van der Waals surface area (Å²) in [6.07, 6.45) is 2.08. The third-order valence-electron chi connectivity index (χ3n) is 4.54. The molecule has 0 aliphatic carbocycles. The van der Waals surface area contributed by atoms with Crippen LogP contribution in [0.15, 0.2) is 78.9 Å². The average Bonchev–Trinajstić information content (AvgIpc) is 3.49. The molecule has 0 bridgehead atoms. The van der Waals surface area contributed by atoms with E-state index >= 15 is 0 Å². The molecule has 0 heterocycles. The first-order valence-corrected chi connectivity index (χ1v) is 11.3. The normalized spacial score (nSPS) is 9.87. The number of ether oxygens (including phenoxy) is 1. The van der Waals surface area contributed by atoms with Gasteiger partial charge in [0.25, 0.3) is 0 Å². The van der Waals surface area contributed by atoms with Crippen molar-refractivity contribution in [3.05, 3.63) is 90.0 Å². The van der Waals surface area contributed by atoms with Gasteiger partial charge in [-0.15, -0.1) is 23.2 Å². The van der Waals surface area contributed by atoms with Gasteiger partial charge in [0, 0.05) is 54.0 Å². The summed E-state index contributed by atoms with van der Waals surface area (Å²) in [5.41, 5.74) is 3.37. The fourth-order valence-corrected chi connectivity index (χ4v) is 3.36. The van der Waals surface area contributed by atoms with Crippen molar-refractivity contribution in [2.24, 2.45) is 0 Å². The van der Waals surface area contributed by atoms with Gasteiger partial charge in [-0.1, -0.05) is 12.1 Å². The Labute approximate surface area is 206 Å². The van der Waals surface area contributed by atoms with Gasteiger partial charge in [0.2, 0.25) is 0 Å². The molecular formula is C25H29Cl2FeNO2-6. The molecule has 3 rings (SSSR count). The SMILES string of the molecule is O=C(CCCc1ccc(N(CCCl)CCCl)cc1)OCc1cc[cH-]c1.[Fe].[cH-]1[cH-][cH-][cH-][cH-]1. The largest absolute Gasteiger partial charge is 0.748 e. The monoisotopic (exact) mass is 501 g/mol. The summed E-state index contributed by atoms with van der Waals surface area (Å²) in [7, 11) is 0. The second-order valence-corrected chi connectivity index (χ2v) is 7.56. The van der Waals surface area contributed by atoms with Crippen molar-refractivity contribution in [2.75, 3.05) is 29.7 Å². The van der Waals surface area contributed by atoms with E-state index in [4.69, 9.17) is 27.9 Å². The quantitative estimate of drug-likeness (QED) is 0.136. The van der Waals surface area contributed by atoms with Crippen molar-refractivity contribution in [1.29, 1.82) is 0 Å². The molecule has 6 heteroatoms. The second kappa shape index (κ2) is 16.9. The fourth-order valence-electron chi connectivity index (χ4n) is 2.95. The van der Waals surface area contributed by atoms with Crippen molar-refractivity contribution in [1.82, 2.24) is 0 Å². The number of carbonyl (C=O) groups excluding carboxylic acids is 1. The zero-order valence-electron chi connectivity index (χ0n) is 17.5. The summed E-state index contributed by atoms with van der Waals surface area (Å²) in [4.78, 5) is 13.9. The average molecular weight is 502 g/mol. The molecule has 0 atom stereocenters. The van der Waals surface area contributed by atoms with Gasteiger partial charge < -0.3 is 40.0 Å². The zero-order chi connectivity index (χ0) is 21.4. The molecule has 0 aliphatic heterocycles. The summed E-state index contributed by atoms with van der Waals surface area (Å²) in [6.45, 7) is 1.92. The Kier molecular flexibility index (Phi) is 14.9. The summed E-state index contributed by atoms with van der Waals surface area (Å²) in [5, 5.41) is 0. The number of benzene rings is 1. The van der Waals surface area contributed by atoms with Gasteiger partial charge in [0.15, 0.2) is 0 Å². The van der Waals surface area contributed by atoms with E-state index in [1.807, 2.05) is 54.6 Å². The zero-order valence-corrected chi connectivity index (χ0v) is 20.2. The van der Waals surface area contributed by atoms with Crippen LogP contribution in [0.2, 0.25) is 0 Å². The van der Waals surface area contributed by atoms with Crippen molar-refractivity contribution in [3.8, 4) is 0 Å². The molecule has 0 saturated heterocycles. The van der Waals surface area contributed by atoms with Gasteiger partial charge in [-0.3, -0.25) is 4.79 Å². The van der Waals surface area contributed by atoms with E-state index in [1.54, 1.807) is 0 Å². The Morgan fingerprint density at radius 1 is 0.903 bits per heavy atom. The van der Waals surface area contributed by atoms with Crippen molar-refractivity contribution < 1.29 is 26.6 Å². The Morgan fingerprint density at radius 2 is 1.52 bits per heavy atom. The van der Waals surface area contributed by atoms with Crippen LogP contribution in [0.4, 0.5) is 5.69 Å². The predicted molar refractivity (Wildman–Crippen MR) is 127 cm³/mol. The molecule has 0 aromatic heterocycles. The van der Waals surface area contributed by atoms with Crippen LogP contribution < -0.4 is 4.90 Å². The molecule has 0 amide bonds. The van der Waals surface area contributed by atoms with Crippen LogP contribution in [0.3, 0.4) is 0 Å². The van der Waals surface area contributed by atoms with E-state index in [1.165, 1.54) is 5.56 Å². The number of aryl methyl sites for hydroxylation is 1. The van der Waals surface area contributed by atoms with E-state index in [2.05, 4.69) is 29.2 Å². The maximum absolute atomic E-state index is 11.8. The third kappa shape index (κ3) is 11.5. The Balaban J connectivity index is 0.000000701.